The summed E-state index contributed by atoms with van der Waals surface area (Å²) in [6, 6.07) is 11.4. The molecule has 136 valence electrons. The van der Waals surface area contributed by atoms with Gasteiger partial charge in [0.15, 0.2) is 0 Å². The summed E-state index contributed by atoms with van der Waals surface area (Å²) in [5.74, 6) is -0.227. The molecule has 1 fully saturated rings. The minimum Gasteiger partial charge on any atom is -0.310 e. The molecule has 1 aromatic carbocycles. The normalized spacial score (nSPS) is 17.6. The summed E-state index contributed by atoms with van der Waals surface area (Å²) in [5.41, 5.74) is 3.01. The number of nitrogens with one attached hydrogen (secondary N) is 1. The predicted octanol–water partition coefficient (Wildman–Crippen LogP) is 4.23. The van der Waals surface area contributed by atoms with Gasteiger partial charge in [-0.1, -0.05) is 11.6 Å². The van der Waals surface area contributed by atoms with Crippen molar-refractivity contribution in [1.82, 2.24) is 9.97 Å². The Labute approximate surface area is 166 Å². The molecule has 1 aliphatic carbocycles. The van der Waals surface area contributed by atoms with Gasteiger partial charge in [-0.15, -0.1) is 0 Å². The highest BCUT2D eigenvalue weighted by atomic mass is 35.5. The molecule has 0 radical (unpaired) electrons. The molecule has 0 aliphatic heterocycles. The molecule has 1 aliphatic rings. The number of anilines is 1. The van der Waals surface area contributed by atoms with Crippen LogP contribution in [0, 0.1) is 41.4 Å². The standard InChI is InChI=1S/C21H14ClN5O/c1-11-2-15(8-24)25-9-17(11)12-3-13-6-20(26-10-18(13)19(22)5-12)27-21(28)16-4-14(16)7-23/h2-3,5-6,9-10,14,16H,4H2,1H3,(H,26,27,28)/t14-,16+/m0/s1. The van der Waals surface area contributed by atoms with Gasteiger partial charge in [0.2, 0.25) is 5.91 Å². The quantitative estimate of drug-likeness (QED) is 0.724. The number of halogens is 1. The fourth-order valence-corrected chi connectivity index (χ4v) is 3.48. The van der Waals surface area contributed by atoms with E-state index < -0.39 is 0 Å². The van der Waals surface area contributed by atoms with Crippen LogP contribution in [-0.2, 0) is 4.79 Å². The van der Waals surface area contributed by atoms with Gasteiger partial charge in [0.25, 0.3) is 0 Å². The summed E-state index contributed by atoms with van der Waals surface area (Å²) >= 11 is 6.44. The Morgan fingerprint density at radius 2 is 2.04 bits per heavy atom. The summed E-state index contributed by atoms with van der Waals surface area (Å²) in [6.07, 6.45) is 3.87. The first kappa shape index (κ1) is 17.9. The number of amides is 1. The Hall–Kier alpha value is -3.48. The maximum Gasteiger partial charge on any atom is 0.230 e. The lowest BCUT2D eigenvalue weighted by atomic mass is 9.99. The van der Waals surface area contributed by atoms with E-state index in [0.717, 1.165) is 27.5 Å². The van der Waals surface area contributed by atoms with Crippen molar-refractivity contribution >= 4 is 34.1 Å². The number of aromatic nitrogens is 2. The van der Waals surface area contributed by atoms with Crippen LogP contribution >= 0.6 is 11.6 Å². The number of carbonyl (C=O) groups excluding carboxylic acids is 1. The molecular weight excluding hydrogens is 374 g/mol. The molecule has 1 N–H and O–H groups in total. The van der Waals surface area contributed by atoms with Crippen LogP contribution in [0.25, 0.3) is 21.9 Å². The van der Waals surface area contributed by atoms with Gasteiger partial charge < -0.3 is 5.32 Å². The Kier molecular flexibility index (Phi) is 4.43. The van der Waals surface area contributed by atoms with Crippen LogP contribution in [0.3, 0.4) is 0 Å². The third kappa shape index (κ3) is 3.26. The highest BCUT2D eigenvalue weighted by molar-refractivity contribution is 6.36. The molecule has 28 heavy (non-hydrogen) atoms. The molecule has 2 aromatic heterocycles. The highest BCUT2D eigenvalue weighted by Crippen LogP contribution is 2.38. The molecule has 1 saturated carbocycles. The first-order chi connectivity index (χ1) is 13.5. The van der Waals surface area contributed by atoms with Gasteiger partial charge in [-0.2, -0.15) is 10.5 Å². The average Bonchev–Trinajstić information content (AvgIpc) is 3.47. The zero-order valence-corrected chi connectivity index (χ0v) is 15.7. The van der Waals surface area contributed by atoms with Crippen molar-refractivity contribution in [1.29, 1.82) is 10.5 Å². The van der Waals surface area contributed by atoms with E-state index in [9.17, 15) is 4.79 Å². The summed E-state index contributed by atoms with van der Waals surface area (Å²) < 4.78 is 0. The topological polar surface area (TPSA) is 102 Å². The second-order valence-corrected chi connectivity index (χ2v) is 7.22. The summed E-state index contributed by atoms with van der Waals surface area (Å²) in [7, 11) is 0. The Morgan fingerprint density at radius 3 is 2.71 bits per heavy atom. The maximum atomic E-state index is 12.2. The summed E-state index contributed by atoms with van der Waals surface area (Å²) in [4.78, 5) is 20.6. The zero-order chi connectivity index (χ0) is 19.8. The molecule has 0 saturated heterocycles. The first-order valence-corrected chi connectivity index (χ1v) is 9.05. The number of aryl methyl sites for hydroxylation is 1. The van der Waals surface area contributed by atoms with Gasteiger partial charge in [-0.25, -0.2) is 9.97 Å². The van der Waals surface area contributed by atoms with E-state index in [1.807, 2.05) is 25.1 Å². The maximum absolute atomic E-state index is 12.2. The van der Waals surface area contributed by atoms with Crippen LogP contribution in [0.2, 0.25) is 5.02 Å². The number of nitriles is 2. The number of fused-ring (bicyclic) bond motifs is 1. The minimum absolute atomic E-state index is 0.187. The number of benzene rings is 1. The molecule has 4 rings (SSSR count). The van der Waals surface area contributed by atoms with Gasteiger partial charge in [0, 0.05) is 23.3 Å². The van der Waals surface area contributed by atoms with Crippen molar-refractivity contribution in [2.45, 2.75) is 13.3 Å². The lowest BCUT2D eigenvalue weighted by Gasteiger charge is -2.10. The fourth-order valence-electron chi connectivity index (χ4n) is 3.20. The van der Waals surface area contributed by atoms with Crippen molar-refractivity contribution in [3.63, 3.8) is 0 Å². The van der Waals surface area contributed by atoms with Crippen molar-refractivity contribution in [2.24, 2.45) is 11.8 Å². The van der Waals surface area contributed by atoms with E-state index >= 15 is 0 Å². The van der Waals surface area contributed by atoms with Crippen LogP contribution in [0.1, 0.15) is 17.7 Å². The molecule has 6 nitrogen and oxygen atoms in total. The number of carbonyl (C=O) groups is 1. The SMILES string of the molecule is Cc1cc(C#N)ncc1-c1cc(Cl)c2cnc(NC(=O)[C@@H]3C[C@H]3C#N)cc2c1. The van der Waals surface area contributed by atoms with E-state index in [4.69, 9.17) is 22.1 Å². The number of nitrogens with zero attached hydrogens (tertiary/aromatic N) is 4. The van der Waals surface area contributed by atoms with Crippen LogP contribution < -0.4 is 5.32 Å². The van der Waals surface area contributed by atoms with Crippen LogP contribution in [-0.4, -0.2) is 15.9 Å². The monoisotopic (exact) mass is 387 g/mol. The zero-order valence-electron chi connectivity index (χ0n) is 14.9. The summed E-state index contributed by atoms with van der Waals surface area (Å²) in [5, 5.41) is 22.8. The molecule has 2 heterocycles. The molecule has 0 unspecified atom stereocenters. The molecule has 1 amide bonds. The van der Waals surface area contributed by atoms with Crippen LogP contribution in [0.5, 0.6) is 0 Å². The van der Waals surface area contributed by atoms with Crippen molar-refractivity contribution in [2.75, 3.05) is 5.32 Å². The highest BCUT2D eigenvalue weighted by Gasteiger charge is 2.43. The Morgan fingerprint density at radius 1 is 1.21 bits per heavy atom. The van der Waals surface area contributed by atoms with E-state index in [1.165, 1.54) is 0 Å². The van der Waals surface area contributed by atoms with Crippen LogP contribution in [0.4, 0.5) is 5.82 Å². The van der Waals surface area contributed by atoms with Crippen molar-refractivity contribution in [3.8, 4) is 23.3 Å². The third-order valence-electron chi connectivity index (χ3n) is 4.87. The molecule has 0 bridgehead atoms. The first-order valence-electron chi connectivity index (χ1n) is 8.67. The van der Waals surface area contributed by atoms with E-state index in [-0.39, 0.29) is 17.7 Å². The molecular formula is C21H14ClN5O. The van der Waals surface area contributed by atoms with Crippen LogP contribution in [0.15, 0.2) is 36.7 Å². The second-order valence-electron chi connectivity index (χ2n) is 6.81. The smallest absolute Gasteiger partial charge is 0.230 e. The molecule has 2 atom stereocenters. The number of hydrogen-bond donors (Lipinski definition) is 1. The van der Waals surface area contributed by atoms with E-state index in [1.54, 1.807) is 24.5 Å². The predicted molar refractivity (Wildman–Crippen MR) is 105 cm³/mol. The molecule has 7 heteroatoms. The lowest BCUT2D eigenvalue weighted by Crippen LogP contribution is -2.15. The van der Waals surface area contributed by atoms with Crippen molar-refractivity contribution < 1.29 is 4.79 Å². The van der Waals surface area contributed by atoms with E-state index in [2.05, 4.69) is 21.4 Å². The van der Waals surface area contributed by atoms with E-state index in [0.29, 0.717) is 23.0 Å². The Bertz CT molecular complexity index is 1210. The third-order valence-corrected chi connectivity index (χ3v) is 5.18. The number of rotatable bonds is 3. The second kappa shape index (κ2) is 6.92. The molecule has 3 aromatic rings. The Balaban J connectivity index is 1.70. The van der Waals surface area contributed by atoms with Gasteiger partial charge in [-0.3, -0.25) is 4.79 Å². The lowest BCUT2D eigenvalue weighted by molar-refractivity contribution is -0.117. The fraction of sp³-hybridized carbons (Fsp3) is 0.190. The van der Waals surface area contributed by atoms with Gasteiger partial charge in [0.05, 0.1) is 22.9 Å². The minimum atomic E-state index is -0.259. The van der Waals surface area contributed by atoms with Gasteiger partial charge >= 0.3 is 0 Å². The van der Waals surface area contributed by atoms with Gasteiger partial charge in [-0.05, 0) is 54.1 Å². The summed E-state index contributed by atoms with van der Waals surface area (Å²) in [6.45, 7) is 1.91. The van der Waals surface area contributed by atoms with Crippen molar-refractivity contribution in [3.05, 3.63) is 52.9 Å². The van der Waals surface area contributed by atoms with Gasteiger partial charge in [0.1, 0.15) is 17.6 Å². The number of pyridine rings is 2. The number of hydrogen-bond acceptors (Lipinski definition) is 5. The average molecular weight is 388 g/mol. The molecule has 0 spiro atoms. The largest absolute Gasteiger partial charge is 0.310 e.